The van der Waals surface area contributed by atoms with Crippen molar-refractivity contribution in [3.8, 4) is 22.3 Å². The largest absolute Gasteiger partial charge is 0.311 e. The Bertz CT molecular complexity index is 2780. The van der Waals surface area contributed by atoms with Crippen molar-refractivity contribution in [2.24, 2.45) is 0 Å². The maximum absolute atomic E-state index is 2.43. The Hall–Kier alpha value is -6.90. The van der Waals surface area contributed by atoms with E-state index in [0.717, 1.165) is 34.1 Å². The predicted octanol–water partition coefficient (Wildman–Crippen LogP) is 15.2. The fourth-order valence-corrected chi connectivity index (χ4v) is 9.06. The summed E-state index contributed by atoms with van der Waals surface area (Å²) < 4.78 is 0. The zero-order chi connectivity index (χ0) is 37.8. The first-order valence-electron chi connectivity index (χ1n) is 19.5. The van der Waals surface area contributed by atoms with Crippen LogP contribution in [-0.2, 0) is 5.41 Å². The smallest absolute Gasteiger partial charge is 0.0465 e. The van der Waals surface area contributed by atoms with Gasteiger partial charge in [-0.25, -0.2) is 0 Å². The van der Waals surface area contributed by atoms with Gasteiger partial charge < -0.3 is 9.80 Å². The van der Waals surface area contributed by atoms with E-state index in [9.17, 15) is 0 Å². The van der Waals surface area contributed by atoms with E-state index < -0.39 is 0 Å². The number of aryl methyl sites for hydroxylation is 1. The van der Waals surface area contributed by atoms with Gasteiger partial charge in [-0.1, -0.05) is 135 Å². The number of nitrogens with zero attached hydrogens (tertiary/aromatic N) is 2. The van der Waals surface area contributed by atoms with Gasteiger partial charge in [-0.05, 0) is 146 Å². The van der Waals surface area contributed by atoms with Gasteiger partial charge in [0.05, 0.1) is 0 Å². The Morgan fingerprint density at radius 2 is 0.839 bits per heavy atom. The quantitative estimate of drug-likeness (QED) is 0.151. The molecule has 2 nitrogen and oxygen atoms in total. The highest BCUT2D eigenvalue weighted by Gasteiger charge is 2.35. The number of hydrogen-bond donors (Lipinski definition) is 0. The van der Waals surface area contributed by atoms with E-state index >= 15 is 0 Å². The third kappa shape index (κ3) is 5.48. The molecule has 0 aromatic heterocycles. The van der Waals surface area contributed by atoms with Crippen molar-refractivity contribution >= 4 is 55.7 Å². The molecule has 0 amide bonds. The summed E-state index contributed by atoms with van der Waals surface area (Å²) in [6, 6.07) is 72.7. The van der Waals surface area contributed by atoms with Crippen LogP contribution in [0.15, 0.2) is 200 Å². The fourth-order valence-electron chi connectivity index (χ4n) is 9.06. The van der Waals surface area contributed by atoms with Crippen LogP contribution in [0.2, 0.25) is 0 Å². The molecular weight excluding hydrogens is 677 g/mol. The molecule has 10 rings (SSSR count). The molecule has 1 aliphatic carbocycles. The molecule has 2 heteroatoms. The molecular formula is C54H42N2. The summed E-state index contributed by atoms with van der Waals surface area (Å²) in [7, 11) is 0. The molecule has 0 spiro atoms. The summed E-state index contributed by atoms with van der Waals surface area (Å²) >= 11 is 0. The molecule has 0 bridgehead atoms. The van der Waals surface area contributed by atoms with E-state index in [1.165, 1.54) is 60.5 Å². The lowest BCUT2D eigenvalue weighted by Crippen LogP contribution is -2.24. The average Bonchev–Trinajstić information content (AvgIpc) is 3.25. The Morgan fingerprint density at radius 1 is 0.357 bits per heavy atom. The number of rotatable bonds is 7. The molecule has 9 aromatic carbocycles. The van der Waals surface area contributed by atoms with Crippen molar-refractivity contribution in [1.82, 2.24) is 0 Å². The Kier molecular flexibility index (Phi) is 8.08. The minimum absolute atomic E-state index is 0.214. The van der Waals surface area contributed by atoms with Crippen molar-refractivity contribution in [3.05, 3.63) is 217 Å². The lowest BCUT2D eigenvalue weighted by Gasteiger charge is -2.37. The fraction of sp³-hybridized carbons (Fsp3) is 0.0741. The van der Waals surface area contributed by atoms with Crippen LogP contribution in [0, 0.1) is 6.92 Å². The van der Waals surface area contributed by atoms with Gasteiger partial charge in [-0.3, -0.25) is 0 Å². The van der Waals surface area contributed by atoms with Crippen molar-refractivity contribution in [3.63, 3.8) is 0 Å². The highest BCUT2D eigenvalue weighted by atomic mass is 15.1. The highest BCUT2D eigenvalue weighted by Crippen LogP contribution is 2.53. The van der Waals surface area contributed by atoms with Gasteiger partial charge in [0.25, 0.3) is 0 Å². The molecule has 0 aliphatic heterocycles. The SMILES string of the molecule is Cc1c2c3c(cccc3c3cc(-c4ccc(N(c5ccccc5)c5ccccc5)cc4)ccc13)C(C)(C)c1cc(N(c3ccccc3)c3ccccc3)ccc1-2. The molecule has 1 aliphatic rings. The molecule has 9 aromatic rings. The first-order chi connectivity index (χ1) is 27.5. The maximum Gasteiger partial charge on any atom is 0.0465 e. The first kappa shape index (κ1) is 33.7. The highest BCUT2D eigenvalue weighted by molar-refractivity contribution is 6.19. The molecule has 268 valence electrons. The molecule has 0 atom stereocenters. The third-order valence-electron chi connectivity index (χ3n) is 11.8. The molecule has 56 heavy (non-hydrogen) atoms. The van der Waals surface area contributed by atoms with Gasteiger partial charge in [0, 0.05) is 39.5 Å². The second kappa shape index (κ2) is 13.4. The van der Waals surface area contributed by atoms with E-state index in [-0.39, 0.29) is 5.41 Å². The van der Waals surface area contributed by atoms with E-state index in [1.54, 1.807) is 0 Å². The molecule has 0 N–H and O–H groups in total. The Morgan fingerprint density at radius 3 is 1.39 bits per heavy atom. The molecule has 0 heterocycles. The number of fused-ring (bicyclic) bond motifs is 4. The van der Waals surface area contributed by atoms with Crippen LogP contribution in [-0.4, -0.2) is 0 Å². The average molecular weight is 719 g/mol. The number of para-hydroxylation sites is 4. The monoisotopic (exact) mass is 718 g/mol. The van der Waals surface area contributed by atoms with Crippen LogP contribution < -0.4 is 9.80 Å². The van der Waals surface area contributed by atoms with Crippen LogP contribution in [0.4, 0.5) is 34.1 Å². The van der Waals surface area contributed by atoms with Gasteiger partial charge in [0.15, 0.2) is 0 Å². The molecule has 0 radical (unpaired) electrons. The summed E-state index contributed by atoms with van der Waals surface area (Å²) in [5.74, 6) is 0. The van der Waals surface area contributed by atoms with Crippen LogP contribution in [0.1, 0.15) is 30.5 Å². The van der Waals surface area contributed by atoms with Crippen LogP contribution in [0.25, 0.3) is 43.8 Å². The second-order valence-electron chi connectivity index (χ2n) is 15.4. The Labute approximate surface area is 329 Å². The lowest BCUT2D eigenvalue weighted by atomic mass is 9.67. The van der Waals surface area contributed by atoms with Crippen LogP contribution in [0.3, 0.4) is 0 Å². The van der Waals surface area contributed by atoms with Gasteiger partial charge in [0.2, 0.25) is 0 Å². The second-order valence-corrected chi connectivity index (χ2v) is 15.4. The minimum Gasteiger partial charge on any atom is -0.311 e. The van der Waals surface area contributed by atoms with E-state index in [1.807, 2.05) is 0 Å². The van der Waals surface area contributed by atoms with Gasteiger partial charge in [-0.15, -0.1) is 0 Å². The van der Waals surface area contributed by atoms with Gasteiger partial charge in [-0.2, -0.15) is 0 Å². The zero-order valence-corrected chi connectivity index (χ0v) is 31.9. The standard InChI is InChI=1S/C54H42N2/c1-37-46-33-29-39(38-27-30-44(31-28-38)55(40-17-8-4-9-18-40)41-19-10-5-11-20-41)35-49(46)47-25-16-26-50-53(47)52(37)48-34-32-45(36-51(48)54(50,2)3)56(42-21-12-6-13-22-42)43-23-14-7-15-24-43/h4-36H,1-3H3. The summed E-state index contributed by atoms with van der Waals surface area (Å²) in [5.41, 5.74) is 15.8. The number of benzene rings is 9. The predicted molar refractivity (Wildman–Crippen MR) is 239 cm³/mol. The summed E-state index contributed by atoms with van der Waals surface area (Å²) in [5, 5.41) is 5.29. The van der Waals surface area contributed by atoms with Crippen LogP contribution >= 0.6 is 0 Å². The van der Waals surface area contributed by atoms with Crippen LogP contribution in [0.5, 0.6) is 0 Å². The summed E-state index contributed by atoms with van der Waals surface area (Å²) in [6.45, 7) is 7.11. The normalized spacial score (nSPS) is 12.7. The van der Waals surface area contributed by atoms with E-state index in [2.05, 4.69) is 231 Å². The molecule has 0 saturated heterocycles. The molecule has 0 saturated carbocycles. The maximum atomic E-state index is 2.43. The number of anilines is 6. The third-order valence-corrected chi connectivity index (χ3v) is 11.8. The lowest BCUT2D eigenvalue weighted by molar-refractivity contribution is 0.645. The molecule has 0 unspecified atom stereocenters. The van der Waals surface area contributed by atoms with Crippen molar-refractivity contribution in [2.75, 3.05) is 9.80 Å². The van der Waals surface area contributed by atoms with Crippen molar-refractivity contribution in [2.45, 2.75) is 26.2 Å². The topological polar surface area (TPSA) is 6.48 Å². The Balaban J connectivity index is 1.09. The van der Waals surface area contributed by atoms with E-state index in [4.69, 9.17) is 0 Å². The number of hydrogen-bond acceptors (Lipinski definition) is 2. The van der Waals surface area contributed by atoms with Gasteiger partial charge >= 0.3 is 0 Å². The van der Waals surface area contributed by atoms with Gasteiger partial charge in [0.1, 0.15) is 0 Å². The van der Waals surface area contributed by atoms with E-state index in [0.29, 0.717) is 0 Å². The molecule has 0 fully saturated rings. The van der Waals surface area contributed by atoms with Crippen molar-refractivity contribution in [1.29, 1.82) is 0 Å². The van der Waals surface area contributed by atoms with Crippen molar-refractivity contribution < 1.29 is 0 Å². The summed E-state index contributed by atoms with van der Waals surface area (Å²) in [4.78, 5) is 4.68. The summed E-state index contributed by atoms with van der Waals surface area (Å²) in [6.07, 6.45) is 0. The first-order valence-corrected chi connectivity index (χ1v) is 19.5. The zero-order valence-electron chi connectivity index (χ0n) is 31.9. The minimum atomic E-state index is -0.214.